The summed E-state index contributed by atoms with van der Waals surface area (Å²) in [6, 6.07) is 0. The van der Waals surface area contributed by atoms with Crippen LogP contribution in [0.2, 0.25) is 0 Å². The van der Waals surface area contributed by atoms with Crippen LogP contribution in [0.25, 0.3) is 0 Å². The summed E-state index contributed by atoms with van der Waals surface area (Å²) in [5.74, 6) is -0.505. The van der Waals surface area contributed by atoms with Crippen molar-refractivity contribution in [3.8, 4) is 0 Å². The van der Waals surface area contributed by atoms with Gasteiger partial charge in [0.1, 0.15) is 0 Å². The number of rotatable bonds is 0. The SMILES string of the molecule is CN1CC2C(=O)NC(=O)C2C1(C)C. The van der Waals surface area contributed by atoms with E-state index in [9.17, 15) is 9.59 Å². The first kappa shape index (κ1) is 8.69. The zero-order chi connectivity index (χ0) is 9.80. The molecule has 1 N–H and O–H groups in total. The summed E-state index contributed by atoms with van der Waals surface area (Å²) in [7, 11) is 1.96. The van der Waals surface area contributed by atoms with Crippen molar-refractivity contribution in [2.45, 2.75) is 19.4 Å². The quantitative estimate of drug-likeness (QED) is 0.518. The molecule has 2 aliphatic heterocycles. The number of hydrogen-bond acceptors (Lipinski definition) is 3. The Morgan fingerprint density at radius 2 is 2.00 bits per heavy atom. The van der Waals surface area contributed by atoms with Gasteiger partial charge in [0.25, 0.3) is 0 Å². The number of nitrogens with zero attached hydrogens (tertiary/aromatic N) is 1. The van der Waals surface area contributed by atoms with Gasteiger partial charge in [0.15, 0.2) is 0 Å². The molecule has 72 valence electrons. The van der Waals surface area contributed by atoms with Gasteiger partial charge in [-0.1, -0.05) is 0 Å². The summed E-state index contributed by atoms with van der Waals surface area (Å²) >= 11 is 0. The van der Waals surface area contributed by atoms with Gasteiger partial charge in [-0.05, 0) is 20.9 Å². The predicted octanol–water partition coefficient (Wildman–Crippen LogP) is -0.401. The van der Waals surface area contributed by atoms with E-state index in [4.69, 9.17) is 0 Å². The van der Waals surface area contributed by atoms with Crippen LogP contribution in [0.5, 0.6) is 0 Å². The average molecular weight is 182 g/mol. The Morgan fingerprint density at radius 3 is 2.54 bits per heavy atom. The summed E-state index contributed by atoms with van der Waals surface area (Å²) in [5, 5.41) is 2.39. The van der Waals surface area contributed by atoms with Gasteiger partial charge in [-0.2, -0.15) is 0 Å². The lowest BCUT2D eigenvalue weighted by Gasteiger charge is -2.31. The Balaban J connectivity index is 2.38. The minimum atomic E-state index is -0.194. The molecule has 13 heavy (non-hydrogen) atoms. The van der Waals surface area contributed by atoms with Crippen LogP contribution in [0.1, 0.15) is 13.8 Å². The minimum absolute atomic E-state index is 0.104. The highest BCUT2D eigenvalue weighted by Crippen LogP contribution is 2.40. The van der Waals surface area contributed by atoms with E-state index in [0.717, 1.165) is 0 Å². The summed E-state index contributed by atoms with van der Waals surface area (Å²) in [6.07, 6.45) is 0. The van der Waals surface area contributed by atoms with Crippen molar-refractivity contribution in [1.29, 1.82) is 0 Å². The molecule has 0 aromatic carbocycles. The monoisotopic (exact) mass is 182 g/mol. The summed E-state index contributed by atoms with van der Waals surface area (Å²) in [5.41, 5.74) is -0.194. The number of likely N-dealkylation sites (tertiary alicyclic amines) is 1. The summed E-state index contributed by atoms with van der Waals surface area (Å²) in [4.78, 5) is 24.9. The molecule has 0 aromatic heterocycles. The van der Waals surface area contributed by atoms with Gasteiger partial charge in [0.05, 0.1) is 11.8 Å². The second-order valence-electron chi connectivity index (χ2n) is 4.47. The fourth-order valence-electron chi connectivity index (χ4n) is 2.40. The smallest absolute Gasteiger partial charge is 0.232 e. The maximum Gasteiger partial charge on any atom is 0.232 e. The van der Waals surface area contributed by atoms with Crippen molar-refractivity contribution in [3.05, 3.63) is 0 Å². The molecule has 2 atom stereocenters. The van der Waals surface area contributed by atoms with E-state index in [1.54, 1.807) is 0 Å². The molecule has 0 radical (unpaired) electrons. The second-order valence-corrected chi connectivity index (χ2v) is 4.47. The van der Waals surface area contributed by atoms with Crippen LogP contribution in [0.3, 0.4) is 0 Å². The molecular weight excluding hydrogens is 168 g/mol. The third kappa shape index (κ3) is 0.950. The van der Waals surface area contributed by atoms with Gasteiger partial charge >= 0.3 is 0 Å². The highest BCUT2D eigenvalue weighted by Gasteiger charge is 2.56. The number of hydrogen-bond donors (Lipinski definition) is 1. The maximum absolute atomic E-state index is 11.5. The van der Waals surface area contributed by atoms with Crippen molar-refractivity contribution in [3.63, 3.8) is 0 Å². The lowest BCUT2D eigenvalue weighted by atomic mass is 9.84. The third-order valence-corrected chi connectivity index (χ3v) is 3.48. The van der Waals surface area contributed by atoms with Gasteiger partial charge < -0.3 is 0 Å². The zero-order valence-electron chi connectivity index (χ0n) is 8.13. The molecule has 4 nitrogen and oxygen atoms in total. The fraction of sp³-hybridized carbons (Fsp3) is 0.778. The minimum Gasteiger partial charge on any atom is -0.300 e. The van der Waals surface area contributed by atoms with E-state index in [0.29, 0.717) is 6.54 Å². The van der Waals surface area contributed by atoms with E-state index in [1.165, 1.54) is 0 Å². The molecule has 2 saturated heterocycles. The topological polar surface area (TPSA) is 49.4 Å². The summed E-state index contributed by atoms with van der Waals surface area (Å²) in [6.45, 7) is 4.71. The number of fused-ring (bicyclic) bond motifs is 1. The van der Waals surface area contributed by atoms with Crippen molar-refractivity contribution in [2.24, 2.45) is 11.8 Å². The Morgan fingerprint density at radius 1 is 1.38 bits per heavy atom. The van der Waals surface area contributed by atoms with Gasteiger partial charge in [0, 0.05) is 12.1 Å². The standard InChI is InChI=1S/C9H14N2O2/c1-9(2)6-5(4-11(9)3)7(12)10-8(6)13/h5-6H,4H2,1-3H3,(H,10,12,13). The van der Waals surface area contributed by atoms with Crippen molar-refractivity contribution in [1.82, 2.24) is 10.2 Å². The van der Waals surface area contributed by atoms with E-state index in [-0.39, 0.29) is 29.2 Å². The van der Waals surface area contributed by atoms with Crippen LogP contribution in [0, 0.1) is 11.8 Å². The van der Waals surface area contributed by atoms with Gasteiger partial charge in [-0.25, -0.2) is 0 Å². The molecule has 2 rings (SSSR count). The van der Waals surface area contributed by atoms with Crippen LogP contribution >= 0.6 is 0 Å². The molecule has 0 aromatic rings. The number of imide groups is 1. The van der Waals surface area contributed by atoms with Crippen LogP contribution in [-0.2, 0) is 9.59 Å². The molecule has 2 fully saturated rings. The van der Waals surface area contributed by atoms with Crippen LogP contribution in [-0.4, -0.2) is 35.8 Å². The largest absolute Gasteiger partial charge is 0.300 e. The summed E-state index contributed by atoms with van der Waals surface area (Å²) < 4.78 is 0. The predicted molar refractivity (Wildman–Crippen MR) is 46.8 cm³/mol. The van der Waals surface area contributed by atoms with Crippen LogP contribution in [0.15, 0.2) is 0 Å². The molecule has 2 amide bonds. The maximum atomic E-state index is 11.5. The van der Waals surface area contributed by atoms with E-state index < -0.39 is 0 Å². The molecule has 0 saturated carbocycles. The number of amides is 2. The first-order valence-corrected chi connectivity index (χ1v) is 4.50. The Hall–Kier alpha value is -0.900. The van der Waals surface area contributed by atoms with Gasteiger partial charge in [-0.15, -0.1) is 0 Å². The molecule has 4 heteroatoms. The first-order chi connectivity index (χ1) is 5.94. The van der Waals surface area contributed by atoms with Crippen LogP contribution < -0.4 is 5.32 Å². The number of carbonyl (C=O) groups excluding carboxylic acids is 2. The second kappa shape index (κ2) is 2.32. The molecular formula is C9H14N2O2. The lowest BCUT2D eigenvalue weighted by molar-refractivity contribution is -0.127. The molecule has 0 spiro atoms. The molecule has 0 bridgehead atoms. The number of carbonyl (C=O) groups is 2. The zero-order valence-corrected chi connectivity index (χ0v) is 8.13. The molecule has 2 heterocycles. The number of nitrogens with one attached hydrogen (secondary N) is 1. The van der Waals surface area contributed by atoms with Gasteiger partial charge in [-0.3, -0.25) is 19.8 Å². The highest BCUT2D eigenvalue weighted by atomic mass is 16.2. The van der Waals surface area contributed by atoms with E-state index >= 15 is 0 Å². The lowest BCUT2D eigenvalue weighted by Crippen LogP contribution is -2.44. The Labute approximate surface area is 77.3 Å². The normalized spacial score (nSPS) is 37.8. The molecule has 2 unspecified atom stereocenters. The van der Waals surface area contributed by atoms with Crippen molar-refractivity contribution in [2.75, 3.05) is 13.6 Å². The first-order valence-electron chi connectivity index (χ1n) is 4.50. The molecule has 2 aliphatic rings. The van der Waals surface area contributed by atoms with E-state index in [2.05, 4.69) is 10.2 Å². The Kier molecular flexibility index (Phi) is 1.55. The van der Waals surface area contributed by atoms with Crippen LogP contribution in [0.4, 0.5) is 0 Å². The third-order valence-electron chi connectivity index (χ3n) is 3.48. The Bertz CT molecular complexity index is 285. The van der Waals surface area contributed by atoms with Crippen molar-refractivity contribution >= 4 is 11.8 Å². The average Bonchev–Trinajstić information content (AvgIpc) is 2.38. The van der Waals surface area contributed by atoms with Gasteiger partial charge in [0.2, 0.25) is 11.8 Å². The van der Waals surface area contributed by atoms with E-state index in [1.807, 2.05) is 20.9 Å². The van der Waals surface area contributed by atoms with Crippen molar-refractivity contribution < 1.29 is 9.59 Å². The molecule has 0 aliphatic carbocycles. The highest BCUT2D eigenvalue weighted by molar-refractivity contribution is 6.06. The fourth-order valence-corrected chi connectivity index (χ4v) is 2.40.